The van der Waals surface area contributed by atoms with E-state index < -0.39 is 0 Å². The number of fused-ring (bicyclic) bond motifs is 1. The van der Waals surface area contributed by atoms with Gasteiger partial charge in [0, 0.05) is 56.6 Å². The molecule has 0 aliphatic carbocycles. The Labute approximate surface area is 258 Å². The second-order valence-corrected chi connectivity index (χ2v) is 11.7. The van der Waals surface area contributed by atoms with E-state index in [9.17, 15) is 9.18 Å². The first kappa shape index (κ1) is 29.5. The van der Waals surface area contributed by atoms with Gasteiger partial charge in [0.1, 0.15) is 5.82 Å². The van der Waals surface area contributed by atoms with Gasteiger partial charge in [0.15, 0.2) is 0 Å². The quantitative estimate of drug-likeness (QED) is 0.192. The molecule has 1 N–H and O–H groups in total. The highest BCUT2D eigenvalue weighted by atomic mass is 19.1. The maximum absolute atomic E-state index is 13.7. The largest absolute Gasteiger partial charge is 0.353 e. The number of anilines is 1. The summed E-state index contributed by atoms with van der Waals surface area (Å²) in [6.07, 6.45) is 6.59. The number of imidazole rings is 1. The molecule has 226 valence electrons. The van der Waals surface area contributed by atoms with Crippen LogP contribution in [0, 0.1) is 5.82 Å². The number of piperidine rings is 1. The Hall–Kier alpha value is -4.56. The molecule has 6 rings (SSSR count). The number of nitrogens with one attached hydrogen (secondary N) is 1. The molecule has 1 amide bonds. The molecule has 5 aromatic rings. The van der Waals surface area contributed by atoms with E-state index in [2.05, 4.69) is 38.0 Å². The third kappa shape index (κ3) is 7.14. The van der Waals surface area contributed by atoms with Crippen LogP contribution in [-0.2, 0) is 6.54 Å². The topological polar surface area (TPSA) is 66.3 Å². The van der Waals surface area contributed by atoms with Crippen molar-refractivity contribution in [2.24, 2.45) is 0 Å². The molecule has 8 heteroatoms. The number of likely N-dealkylation sites (N-methyl/N-ethyl adjacent to an activating group) is 1. The molecule has 0 saturated carbocycles. The second kappa shape index (κ2) is 13.8. The van der Waals surface area contributed by atoms with Gasteiger partial charge in [-0.05, 0) is 85.5 Å². The maximum Gasteiger partial charge on any atom is 0.253 e. The Balaban J connectivity index is 1.08. The lowest BCUT2D eigenvalue weighted by Gasteiger charge is -2.34. The number of hydrogen-bond donors (Lipinski definition) is 1. The second-order valence-electron chi connectivity index (χ2n) is 11.7. The van der Waals surface area contributed by atoms with Gasteiger partial charge in [0.05, 0.1) is 17.6 Å². The summed E-state index contributed by atoms with van der Waals surface area (Å²) in [5.74, 6) is 0.769. The van der Waals surface area contributed by atoms with Crippen LogP contribution in [-0.4, -0.2) is 69.5 Å². The van der Waals surface area contributed by atoms with E-state index in [1.165, 1.54) is 17.7 Å². The van der Waals surface area contributed by atoms with E-state index >= 15 is 0 Å². The minimum atomic E-state index is -0.245. The van der Waals surface area contributed by atoms with E-state index in [1.54, 1.807) is 4.90 Å². The van der Waals surface area contributed by atoms with E-state index in [1.807, 2.05) is 80.1 Å². The van der Waals surface area contributed by atoms with Gasteiger partial charge in [-0.15, -0.1) is 0 Å². The molecule has 1 fully saturated rings. The molecule has 3 aromatic carbocycles. The molecule has 3 heterocycles. The van der Waals surface area contributed by atoms with Crippen LogP contribution >= 0.6 is 0 Å². The van der Waals surface area contributed by atoms with Gasteiger partial charge < -0.3 is 19.7 Å². The molecule has 0 bridgehead atoms. The van der Waals surface area contributed by atoms with Crippen molar-refractivity contribution in [2.75, 3.05) is 38.5 Å². The van der Waals surface area contributed by atoms with Gasteiger partial charge in [0.2, 0.25) is 5.95 Å². The van der Waals surface area contributed by atoms with Gasteiger partial charge in [-0.3, -0.25) is 9.78 Å². The molecular formula is C36H39FN6O. The van der Waals surface area contributed by atoms with Crippen molar-refractivity contribution in [1.82, 2.24) is 24.3 Å². The van der Waals surface area contributed by atoms with Crippen molar-refractivity contribution in [1.29, 1.82) is 0 Å². The Morgan fingerprint density at radius 2 is 1.66 bits per heavy atom. The Bertz CT molecular complexity index is 1650. The van der Waals surface area contributed by atoms with Crippen molar-refractivity contribution in [2.45, 2.75) is 37.8 Å². The van der Waals surface area contributed by atoms with E-state index in [-0.39, 0.29) is 17.6 Å². The van der Waals surface area contributed by atoms with Gasteiger partial charge in [0.25, 0.3) is 5.91 Å². The Morgan fingerprint density at radius 3 is 2.41 bits per heavy atom. The van der Waals surface area contributed by atoms with Crippen LogP contribution in [0.15, 0.2) is 103 Å². The van der Waals surface area contributed by atoms with Crippen LogP contribution in [0.25, 0.3) is 11.0 Å². The van der Waals surface area contributed by atoms with Crippen molar-refractivity contribution in [3.63, 3.8) is 0 Å². The number of amides is 1. The zero-order chi connectivity index (χ0) is 30.3. The third-order valence-electron chi connectivity index (χ3n) is 8.66. The Kier molecular flexibility index (Phi) is 9.27. The predicted octanol–water partition coefficient (Wildman–Crippen LogP) is 6.44. The number of para-hydroxylation sites is 2. The highest BCUT2D eigenvalue weighted by Gasteiger charge is 2.24. The maximum atomic E-state index is 13.7. The number of pyridine rings is 1. The van der Waals surface area contributed by atoms with Gasteiger partial charge in [-0.25, -0.2) is 9.37 Å². The number of halogens is 1. The summed E-state index contributed by atoms with van der Waals surface area (Å²) < 4.78 is 16.0. The number of hydrogen-bond acceptors (Lipinski definition) is 5. The number of rotatable bonds is 11. The molecule has 1 unspecified atom stereocenters. The Morgan fingerprint density at radius 1 is 0.955 bits per heavy atom. The van der Waals surface area contributed by atoms with Crippen molar-refractivity contribution in [3.8, 4) is 0 Å². The summed E-state index contributed by atoms with van der Waals surface area (Å²) in [5.41, 5.74) is 5.03. The third-order valence-corrected chi connectivity index (χ3v) is 8.66. The molecule has 0 spiro atoms. The van der Waals surface area contributed by atoms with Gasteiger partial charge in [-0.1, -0.05) is 42.5 Å². The highest BCUT2D eigenvalue weighted by molar-refractivity contribution is 5.94. The summed E-state index contributed by atoms with van der Waals surface area (Å²) >= 11 is 0. The normalized spacial score (nSPS) is 14.9. The molecule has 44 heavy (non-hydrogen) atoms. The fourth-order valence-corrected chi connectivity index (χ4v) is 6.15. The molecule has 1 aliphatic heterocycles. The zero-order valence-corrected chi connectivity index (χ0v) is 25.1. The molecule has 1 saturated heterocycles. The van der Waals surface area contributed by atoms with Crippen LogP contribution < -0.4 is 5.32 Å². The number of likely N-dealkylation sites (tertiary alicyclic amines) is 1. The first-order chi connectivity index (χ1) is 21.5. The zero-order valence-electron chi connectivity index (χ0n) is 25.1. The lowest BCUT2D eigenvalue weighted by atomic mass is 9.94. The molecule has 0 radical (unpaired) electrons. The number of carbonyl (C=O) groups excluding carboxylic acids is 1. The monoisotopic (exact) mass is 590 g/mol. The van der Waals surface area contributed by atoms with Gasteiger partial charge in [-0.2, -0.15) is 0 Å². The number of carbonyl (C=O) groups is 1. The SMILES string of the molecule is CN(CC(CCN1CCC(Nc2nc3ccccc3n2Cc2ccncc2)CC1)c1ccc(F)cc1)C(=O)c1ccccc1. The number of aromatic nitrogens is 3. The molecular weight excluding hydrogens is 551 g/mol. The lowest BCUT2D eigenvalue weighted by Crippen LogP contribution is -2.40. The summed E-state index contributed by atoms with van der Waals surface area (Å²) in [4.78, 5) is 26.5. The molecule has 7 nitrogen and oxygen atoms in total. The smallest absolute Gasteiger partial charge is 0.253 e. The molecule has 1 aliphatic rings. The predicted molar refractivity (Wildman–Crippen MR) is 173 cm³/mol. The van der Waals surface area contributed by atoms with E-state index in [4.69, 9.17) is 4.98 Å². The van der Waals surface area contributed by atoms with Crippen molar-refractivity contribution >= 4 is 22.9 Å². The summed E-state index contributed by atoms with van der Waals surface area (Å²) in [7, 11) is 1.85. The number of nitrogens with zero attached hydrogens (tertiary/aromatic N) is 5. The molecule has 1 atom stereocenters. The summed E-state index contributed by atoms with van der Waals surface area (Å²) in [5, 5.41) is 3.76. The summed E-state index contributed by atoms with van der Waals surface area (Å²) in [6.45, 7) is 4.19. The van der Waals surface area contributed by atoms with Crippen LogP contribution in [0.2, 0.25) is 0 Å². The first-order valence-corrected chi connectivity index (χ1v) is 15.4. The first-order valence-electron chi connectivity index (χ1n) is 15.4. The van der Waals surface area contributed by atoms with Gasteiger partial charge >= 0.3 is 0 Å². The fraction of sp³-hybridized carbons (Fsp3) is 0.306. The lowest BCUT2D eigenvalue weighted by molar-refractivity contribution is 0.0782. The van der Waals surface area contributed by atoms with Crippen LogP contribution in [0.3, 0.4) is 0 Å². The van der Waals surface area contributed by atoms with Crippen LogP contribution in [0.1, 0.15) is 46.7 Å². The van der Waals surface area contributed by atoms with Crippen LogP contribution in [0.5, 0.6) is 0 Å². The highest BCUT2D eigenvalue weighted by Crippen LogP contribution is 2.26. The minimum absolute atomic E-state index is 0.000414. The van der Waals surface area contributed by atoms with Crippen molar-refractivity contribution in [3.05, 3.63) is 126 Å². The van der Waals surface area contributed by atoms with E-state index in [0.29, 0.717) is 18.2 Å². The number of benzene rings is 3. The van der Waals surface area contributed by atoms with E-state index in [0.717, 1.165) is 68.0 Å². The minimum Gasteiger partial charge on any atom is -0.353 e. The standard InChI is InChI=1S/C36H39FN6O/c1-41(35(44)29-7-3-2-4-8-29)26-30(28-11-13-31(37)14-12-28)17-22-42-23-18-32(19-24-42)39-36-40-33-9-5-6-10-34(33)43(36)25-27-15-20-38-21-16-27/h2-16,20-21,30,32H,17-19,22-26H2,1H3,(H,39,40). The molecule has 2 aromatic heterocycles. The summed E-state index contributed by atoms with van der Waals surface area (Å²) in [6, 6.07) is 28.8. The fourth-order valence-electron chi connectivity index (χ4n) is 6.15. The average molecular weight is 591 g/mol. The average Bonchev–Trinajstić information content (AvgIpc) is 3.40. The van der Waals surface area contributed by atoms with Crippen LogP contribution in [0.4, 0.5) is 10.3 Å². The van der Waals surface area contributed by atoms with Crippen molar-refractivity contribution < 1.29 is 9.18 Å².